The number of carbonyl (C=O) groups is 5. The van der Waals surface area contributed by atoms with E-state index in [-0.39, 0.29) is 18.8 Å². The number of nitrogens with one attached hydrogen (secondary N) is 4. The standard InChI is InChI=1S/C25H35N5O7S/c1-13(2)21(26)24(35)28-17(8-9-38-3)22(33)29-18(23(34)30-19(25(36)37)11-20(31)32)10-14-12-27-16-7-5-4-6-15(14)16/h4-7,12-13,17-19,21,27H,8-11,26H2,1-3H3,(H,28,35)(H,29,33)(H,30,34)(H,31,32)(H,36,37). The topological polar surface area (TPSA) is 204 Å². The lowest BCUT2D eigenvalue weighted by Gasteiger charge is -2.25. The average molecular weight is 550 g/mol. The number of hydrogen-bond donors (Lipinski definition) is 7. The van der Waals surface area contributed by atoms with E-state index in [9.17, 15) is 29.1 Å². The number of nitrogens with two attached hydrogens (primary N) is 1. The van der Waals surface area contributed by atoms with Gasteiger partial charge in [0.05, 0.1) is 12.5 Å². The smallest absolute Gasteiger partial charge is 0.326 e. The summed E-state index contributed by atoms with van der Waals surface area (Å²) in [5.41, 5.74) is 7.41. The molecule has 0 saturated heterocycles. The molecule has 0 aliphatic rings. The summed E-state index contributed by atoms with van der Waals surface area (Å²) in [4.78, 5) is 64.8. The Hall–Kier alpha value is -3.58. The summed E-state index contributed by atoms with van der Waals surface area (Å²) < 4.78 is 0. The highest BCUT2D eigenvalue weighted by molar-refractivity contribution is 7.98. The van der Waals surface area contributed by atoms with Gasteiger partial charge in [0.15, 0.2) is 0 Å². The van der Waals surface area contributed by atoms with E-state index in [1.165, 1.54) is 11.8 Å². The van der Waals surface area contributed by atoms with E-state index in [2.05, 4.69) is 20.9 Å². The van der Waals surface area contributed by atoms with E-state index in [1.54, 1.807) is 20.0 Å². The Morgan fingerprint density at radius 2 is 1.55 bits per heavy atom. The fourth-order valence-electron chi connectivity index (χ4n) is 3.72. The number of carboxylic acid groups (broad SMARTS) is 2. The normalized spacial score (nSPS) is 14.3. The van der Waals surface area contributed by atoms with Crippen LogP contribution in [0.15, 0.2) is 30.5 Å². The molecule has 0 radical (unpaired) electrons. The summed E-state index contributed by atoms with van der Waals surface area (Å²) in [6.45, 7) is 3.55. The van der Waals surface area contributed by atoms with Gasteiger partial charge >= 0.3 is 11.9 Å². The van der Waals surface area contributed by atoms with Crippen LogP contribution in [0, 0.1) is 5.92 Å². The maximum absolute atomic E-state index is 13.3. The third-order valence-corrected chi connectivity index (χ3v) is 6.63. The number of fused-ring (bicyclic) bond motifs is 1. The highest BCUT2D eigenvalue weighted by Crippen LogP contribution is 2.19. The molecule has 2 rings (SSSR count). The summed E-state index contributed by atoms with van der Waals surface area (Å²) in [6, 6.07) is 2.53. The third kappa shape index (κ3) is 8.77. The van der Waals surface area contributed by atoms with Crippen molar-refractivity contribution in [2.75, 3.05) is 12.0 Å². The molecule has 8 N–H and O–H groups in total. The molecule has 12 nitrogen and oxygen atoms in total. The minimum absolute atomic E-state index is 0.0182. The van der Waals surface area contributed by atoms with Gasteiger partial charge in [-0.05, 0) is 36.0 Å². The summed E-state index contributed by atoms with van der Waals surface area (Å²) >= 11 is 1.47. The summed E-state index contributed by atoms with van der Waals surface area (Å²) in [5.74, 6) is -4.58. The van der Waals surface area contributed by atoms with E-state index < -0.39 is 60.2 Å². The van der Waals surface area contributed by atoms with E-state index in [0.29, 0.717) is 11.3 Å². The SMILES string of the molecule is CSCCC(NC(=O)C(N)C(C)C)C(=O)NC(Cc1c[nH]c2ccccc12)C(=O)NC(CC(=O)O)C(=O)O. The second-order valence-corrected chi connectivity index (χ2v) is 10.2. The zero-order chi connectivity index (χ0) is 28.4. The van der Waals surface area contributed by atoms with Crippen molar-refractivity contribution < 1.29 is 34.2 Å². The van der Waals surface area contributed by atoms with Crippen LogP contribution >= 0.6 is 11.8 Å². The monoisotopic (exact) mass is 549 g/mol. The van der Waals surface area contributed by atoms with Crippen molar-refractivity contribution in [2.24, 2.45) is 11.7 Å². The van der Waals surface area contributed by atoms with Crippen LogP contribution in [0.1, 0.15) is 32.3 Å². The Kier molecular flexibility index (Phi) is 11.6. The molecule has 1 aromatic carbocycles. The van der Waals surface area contributed by atoms with Crippen molar-refractivity contribution in [1.82, 2.24) is 20.9 Å². The Morgan fingerprint density at radius 1 is 0.947 bits per heavy atom. The molecule has 0 aliphatic carbocycles. The molecule has 1 aromatic heterocycles. The van der Waals surface area contributed by atoms with Gasteiger partial charge in [-0.1, -0.05) is 32.0 Å². The van der Waals surface area contributed by atoms with Gasteiger partial charge in [-0.15, -0.1) is 0 Å². The van der Waals surface area contributed by atoms with Crippen molar-refractivity contribution >= 4 is 52.3 Å². The number of aliphatic carboxylic acids is 2. The van der Waals surface area contributed by atoms with Crippen molar-refractivity contribution in [2.45, 2.75) is 57.3 Å². The lowest BCUT2D eigenvalue weighted by Crippen LogP contribution is -2.58. The first-order valence-corrected chi connectivity index (χ1v) is 13.5. The lowest BCUT2D eigenvalue weighted by molar-refractivity contribution is -0.147. The van der Waals surface area contributed by atoms with E-state index >= 15 is 0 Å². The highest BCUT2D eigenvalue weighted by Gasteiger charge is 2.32. The van der Waals surface area contributed by atoms with E-state index in [0.717, 1.165) is 10.9 Å². The number of aromatic nitrogens is 1. The number of carboxylic acids is 2. The number of benzene rings is 1. The fraction of sp³-hybridized carbons (Fsp3) is 0.480. The number of thioether (sulfide) groups is 1. The molecule has 208 valence electrons. The van der Waals surface area contributed by atoms with Gasteiger partial charge in [0.25, 0.3) is 0 Å². The molecule has 2 aromatic rings. The van der Waals surface area contributed by atoms with Crippen molar-refractivity contribution in [3.63, 3.8) is 0 Å². The van der Waals surface area contributed by atoms with Gasteiger partial charge in [0.2, 0.25) is 17.7 Å². The van der Waals surface area contributed by atoms with Crippen LogP contribution in [0.4, 0.5) is 0 Å². The first-order valence-electron chi connectivity index (χ1n) is 12.1. The molecule has 38 heavy (non-hydrogen) atoms. The number of amides is 3. The van der Waals surface area contributed by atoms with Crippen molar-refractivity contribution in [1.29, 1.82) is 0 Å². The molecular weight excluding hydrogens is 514 g/mol. The molecule has 0 fully saturated rings. The molecular formula is C25H35N5O7S. The Morgan fingerprint density at radius 3 is 2.16 bits per heavy atom. The van der Waals surface area contributed by atoms with Crippen LogP contribution in [0.3, 0.4) is 0 Å². The number of aromatic amines is 1. The zero-order valence-corrected chi connectivity index (χ0v) is 22.3. The maximum atomic E-state index is 13.3. The fourth-order valence-corrected chi connectivity index (χ4v) is 4.20. The number of rotatable bonds is 15. The van der Waals surface area contributed by atoms with Crippen LogP contribution < -0.4 is 21.7 Å². The number of H-pyrrole nitrogens is 1. The Labute approximate surface area is 224 Å². The van der Waals surface area contributed by atoms with Crippen molar-refractivity contribution in [3.05, 3.63) is 36.0 Å². The maximum Gasteiger partial charge on any atom is 0.326 e. The molecule has 13 heteroatoms. The molecule has 0 spiro atoms. The van der Waals surface area contributed by atoms with Crippen LogP contribution in [-0.2, 0) is 30.4 Å². The largest absolute Gasteiger partial charge is 0.481 e. The van der Waals surface area contributed by atoms with Crippen LogP contribution in [0.25, 0.3) is 10.9 Å². The quantitative estimate of drug-likeness (QED) is 0.165. The first-order chi connectivity index (χ1) is 17.9. The summed E-state index contributed by atoms with van der Waals surface area (Å²) in [7, 11) is 0. The van der Waals surface area contributed by atoms with Crippen LogP contribution in [0.5, 0.6) is 0 Å². The lowest BCUT2D eigenvalue weighted by atomic mass is 10.0. The molecule has 4 unspecified atom stereocenters. The van der Waals surface area contributed by atoms with E-state index in [4.69, 9.17) is 10.8 Å². The van der Waals surface area contributed by atoms with Gasteiger partial charge in [0.1, 0.15) is 18.1 Å². The molecule has 4 atom stereocenters. The molecule has 0 aliphatic heterocycles. The minimum atomic E-state index is -1.70. The zero-order valence-electron chi connectivity index (χ0n) is 21.5. The minimum Gasteiger partial charge on any atom is -0.481 e. The Balaban J connectivity index is 2.33. The second-order valence-electron chi connectivity index (χ2n) is 9.23. The van der Waals surface area contributed by atoms with Gasteiger partial charge in [0, 0.05) is 23.5 Å². The van der Waals surface area contributed by atoms with Gasteiger partial charge in [-0.3, -0.25) is 19.2 Å². The molecule has 1 heterocycles. The van der Waals surface area contributed by atoms with E-state index in [1.807, 2.05) is 30.5 Å². The van der Waals surface area contributed by atoms with Gasteiger partial charge < -0.3 is 36.9 Å². The Bertz CT molecular complexity index is 1150. The number of hydrogen-bond acceptors (Lipinski definition) is 7. The molecule has 0 saturated carbocycles. The average Bonchev–Trinajstić information content (AvgIpc) is 3.27. The number of para-hydroxylation sites is 1. The van der Waals surface area contributed by atoms with Crippen molar-refractivity contribution in [3.8, 4) is 0 Å². The second kappa shape index (κ2) is 14.4. The van der Waals surface area contributed by atoms with Crippen LogP contribution in [0.2, 0.25) is 0 Å². The predicted octanol–water partition coefficient (Wildman–Crippen LogP) is 0.461. The summed E-state index contributed by atoms with van der Waals surface area (Å²) in [6.07, 6.45) is 2.93. The first kappa shape index (κ1) is 30.6. The van der Waals surface area contributed by atoms with Crippen LogP contribution in [-0.4, -0.2) is 81.0 Å². The number of carbonyl (C=O) groups excluding carboxylic acids is 3. The molecule has 3 amide bonds. The molecule has 0 bridgehead atoms. The highest BCUT2D eigenvalue weighted by atomic mass is 32.2. The third-order valence-electron chi connectivity index (χ3n) is 5.99. The predicted molar refractivity (Wildman–Crippen MR) is 143 cm³/mol. The van der Waals surface area contributed by atoms with Gasteiger partial charge in [-0.2, -0.15) is 11.8 Å². The summed E-state index contributed by atoms with van der Waals surface area (Å²) in [5, 5.41) is 26.7. The van der Waals surface area contributed by atoms with Gasteiger partial charge in [-0.25, -0.2) is 4.79 Å².